The van der Waals surface area contributed by atoms with Gasteiger partial charge in [-0.1, -0.05) is 19.1 Å². The summed E-state index contributed by atoms with van der Waals surface area (Å²) < 4.78 is 13.6. The predicted molar refractivity (Wildman–Crippen MR) is 60.3 cm³/mol. The summed E-state index contributed by atoms with van der Waals surface area (Å²) in [4.78, 5) is 22.1. The predicted octanol–water partition coefficient (Wildman–Crippen LogP) is 1.58. The zero-order chi connectivity index (χ0) is 13.0. The second-order valence-electron chi connectivity index (χ2n) is 3.89. The largest absolute Gasteiger partial charge is 0.481 e. The van der Waals surface area contributed by atoms with Crippen LogP contribution in [0.5, 0.6) is 0 Å². The van der Waals surface area contributed by atoms with E-state index in [0.717, 1.165) is 0 Å². The third-order valence-electron chi connectivity index (χ3n) is 2.43. The molecule has 0 bridgehead atoms. The third-order valence-corrected chi connectivity index (χ3v) is 2.43. The highest BCUT2D eigenvalue weighted by Crippen LogP contribution is 2.11. The summed E-state index contributed by atoms with van der Waals surface area (Å²) in [5, 5.41) is 11.0. The summed E-state index contributed by atoms with van der Waals surface area (Å²) >= 11 is 0. The van der Waals surface area contributed by atoms with Crippen LogP contribution in [0.25, 0.3) is 0 Å². The molecule has 1 rings (SSSR count). The first kappa shape index (κ1) is 13.2. The van der Waals surface area contributed by atoms with Crippen molar-refractivity contribution in [1.29, 1.82) is 0 Å². The number of rotatable bonds is 4. The number of carbonyl (C=O) groups is 2. The molecule has 4 nitrogen and oxygen atoms in total. The highest BCUT2D eigenvalue weighted by atomic mass is 19.1. The first-order chi connectivity index (χ1) is 7.93. The number of hydrogen-bond acceptors (Lipinski definition) is 2. The van der Waals surface area contributed by atoms with Crippen molar-refractivity contribution in [3.63, 3.8) is 0 Å². The maximum Gasteiger partial charge on any atom is 0.308 e. The van der Waals surface area contributed by atoms with Crippen molar-refractivity contribution in [2.24, 2.45) is 5.92 Å². The number of halogens is 1. The Bertz CT molecular complexity index is 445. The fourth-order valence-electron chi connectivity index (χ4n) is 1.25. The van der Waals surface area contributed by atoms with E-state index in [0.29, 0.717) is 5.56 Å². The van der Waals surface area contributed by atoms with Crippen LogP contribution in [0, 0.1) is 18.7 Å². The summed E-state index contributed by atoms with van der Waals surface area (Å²) in [6.07, 6.45) is 0. The Morgan fingerprint density at radius 3 is 2.71 bits per heavy atom. The van der Waals surface area contributed by atoms with Crippen molar-refractivity contribution in [3.8, 4) is 0 Å². The summed E-state index contributed by atoms with van der Waals surface area (Å²) in [5.41, 5.74) is 0.312. The van der Waals surface area contributed by atoms with Crippen LogP contribution in [0.4, 0.5) is 4.39 Å². The van der Waals surface area contributed by atoms with Crippen LogP contribution < -0.4 is 5.32 Å². The van der Waals surface area contributed by atoms with Crippen molar-refractivity contribution >= 4 is 11.9 Å². The second kappa shape index (κ2) is 5.43. The lowest BCUT2D eigenvalue weighted by molar-refractivity contribution is -0.140. The lowest BCUT2D eigenvalue weighted by Crippen LogP contribution is -2.32. The average molecular weight is 239 g/mol. The summed E-state index contributed by atoms with van der Waals surface area (Å²) in [6, 6.07) is 4.50. The lowest BCUT2D eigenvalue weighted by Gasteiger charge is -2.09. The molecule has 0 spiro atoms. The molecule has 0 radical (unpaired) electrons. The molecular formula is C12H14FNO3. The molecular weight excluding hydrogens is 225 g/mol. The van der Waals surface area contributed by atoms with Crippen LogP contribution in [0.15, 0.2) is 18.2 Å². The van der Waals surface area contributed by atoms with Gasteiger partial charge in [-0.2, -0.15) is 0 Å². The van der Waals surface area contributed by atoms with Crippen molar-refractivity contribution in [1.82, 2.24) is 5.32 Å². The normalized spacial score (nSPS) is 11.9. The molecule has 0 fully saturated rings. The molecule has 1 aromatic carbocycles. The van der Waals surface area contributed by atoms with E-state index in [9.17, 15) is 14.0 Å². The topological polar surface area (TPSA) is 66.4 Å². The van der Waals surface area contributed by atoms with Gasteiger partial charge in [-0.25, -0.2) is 4.39 Å². The van der Waals surface area contributed by atoms with E-state index in [4.69, 9.17) is 5.11 Å². The highest BCUT2D eigenvalue weighted by molar-refractivity contribution is 5.94. The molecule has 0 aromatic heterocycles. The number of nitrogens with one attached hydrogen (secondary N) is 1. The Labute approximate surface area is 98.5 Å². The van der Waals surface area contributed by atoms with Crippen LogP contribution in [0.1, 0.15) is 22.8 Å². The monoisotopic (exact) mass is 239 g/mol. The fourth-order valence-corrected chi connectivity index (χ4v) is 1.25. The second-order valence-corrected chi connectivity index (χ2v) is 3.89. The molecule has 0 heterocycles. The minimum atomic E-state index is -1.00. The maximum atomic E-state index is 13.6. The number of benzene rings is 1. The minimum absolute atomic E-state index is 0.0262. The zero-order valence-corrected chi connectivity index (χ0v) is 9.66. The zero-order valence-electron chi connectivity index (χ0n) is 9.66. The summed E-state index contributed by atoms with van der Waals surface area (Å²) in [7, 11) is 0. The van der Waals surface area contributed by atoms with Gasteiger partial charge in [0.05, 0.1) is 11.5 Å². The van der Waals surface area contributed by atoms with Crippen LogP contribution in [0.3, 0.4) is 0 Å². The van der Waals surface area contributed by atoms with Gasteiger partial charge in [-0.15, -0.1) is 0 Å². The highest BCUT2D eigenvalue weighted by Gasteiger charge is 2.16. The Hall–Kier alpha value is -1.91. The molecule has 2 N–H and O–H groups in total. The van der Waals surface area contributed by atoms with Crippen LogP contribution >= 0.6 is 0 Å². The smallest absolute Gasteiger partial charge is 0.308 e. The molecule has 0 saturated carbocycles. The van der Waals surface area contributed by atoms with Crippen molar-refractivity contribution < 1.29 is 19.1 Å². The van der Waals surface area contributed by atoms with E-state index in [1.54, 1.807) is 19.1 Å². The van der Waals surface area contributed by atoms with Gasteiger partial charge in [0.1, 0.15) is 5.82 Å². The molecule has 0 aliphatic carbocycles. The Balaban J connectivity index is 2.71. The first-order valence-corrected chi connectivity index (χ1v) is 5.19. The standard InChI is InChI=1S/C12H14FNO3/c1-7-4-3-5-9(10(7)13)11(15)14-6-8(2)12(16)17/h3-5,8H,6H2,1-2H3,(H,14,15)(H,16,17). The molecule has 1 unspecified atom stereocenters. The van der Waals surface area contributed by atoms with Gasteiger partial charge in [0.2, 0.25) is 0 Å². The molecule has 0 saturated heterocycles. The van der Waals surface area contributed by atoms with Crippen LogP contribution in [0.2, 0.25) is 0 Å². The van der Waals surface area contributed by atoms with Crippen molar-refractivity contribution in [2.75, 3.05) is 6.54 Å². The number of carbonyl (C=O) groups excluding carboxylic acids is 1. The molecule has 1 aromatic rings. The van der Waals surface area contributed by atoms with Gasteiger partial charge in [-0.3, -0.25) is 9.59 Å². The van der Waals surface area contributed by atoms with E-state index < -0.39 is 23.6 Å². The Morgan fingerprint density at radius 2 is 2.12 bits per heavy atom. The molecule has 1 amide bonds. The molecule has 0 aliphatic rings. The van der Waals surface area contributed by atoms with Gasteiger partial charge in [0.25, 0.3) is 5.91 Å². The van der Waals surface area contributed by atoms with Crippen LogP contribution in [-0.4, -0.2) is 23.5 Å². The lowest BCUT2D eigenvalue weighted by atomic mass is 10.1. The van der Waals surface area contributed by atoms with Gasteiger partial charge < -0.3 is 10.4 Å². The Kier molecular flexibility index (Phi) is 4.20. The number of hydrogen-bond donors (Lipinski definition) is 2. The SMILES string of the molecule is Cc1cccc(C(=O)NCC(C)C(=O)O)c1F. The number of aliphatic carboxylic acids is 1. The van der Waals surface area contributed by atoms with E-state index >= 15 is 0 Å². The third kappa shape index (κ3) is 3.27. The molecule has 17 heavy (non-hydrogen) atoms. The van der Waals surface area contributed by atoms with Gasteiger partial charge in [-0.05, 0) is 18.6 Å². The van der Waals surface area contributed by atoms with Crippen molar-refractivity contribution in [2.45, 2.75) is 13.8 Å². The fraction of sp³-hybridized carbons (Fsp3) is 0.333. The Morgan fingerprint density at radius 1 is 1.47 bits per heavy atom. The summed E-state index contributed by atoms with van der Waals surface area (Å²) in [6.45, 7) is 3.00. The quantitative estimate of drug-likeness (QED) is 0.838. The molecule has 0 aliphatic heterocycles. The van der Waals surface area contributed by atoms with Gasteiger partial charge in [0, 0.05) is 6.54 Å². The number of carboxylic acids is 1. The number of aryl methyl sites for hydroxylation is 1. The van der Waals surface area contributed by atoms with E-state index in [-0.39, 0.29) is 12.1 Å². The average Bonchev–Trinajstić information content (AvgIpc) is 2.29. The van der Waals surface area contributed by atoms with Crippen LogP contribution in [-0.2, 0) is 4.79 Å². The molecule has 92 valence electrons. The minimum Gasteiger partial charge on any atom is -0.481 e. The van der Waals surface area contributed by atoms with E-state index in [1.165, 1.54) is 13.0 Å². The van der Waals surface area contributed by atoms with E-state index in [1.807, 2.05) is 0 Å². The molecule has 5 heteroatoms. The summed E-state index contributed by atoms with van der Waals surface area (Å²) in [5.74, 6) is -2.88. The van der Waals surface area contributed by atoms with E-state index in [2.05, 4.69) is 5.32 Å². The maximum absolute atomic E-state index is 13.6. The number of amides is 1. The van der Waals surface area contributed by atoms with Gasteiger partial charge >= 0.3 is 5.97 Å². The van der Waals surface area contributed by atoms with Gasteiger partial charge in [0.15, 0.2) is 0 Å². The van der Waals surface area contributed by atoms with Crippen molar-refractivity contribution in [3.05, 3.63) is 35.1 Å². The number of carboxylic acid groups (broad SMARTS) is 1. The molecule has 1 atom stereocenters. The first-order valence-electron chi connectivity index (χ1n) is 5.19.